The number of hydrogen-bond acceptors (Lipinski definition) is 4. The summed E-state index contributed by atoms with van der Waals surface area (Å²) in [5.74, 6) is 1.52. The fourth-order valence-electron chi connectivity index (χ4n) is 2.18. The first-order chi connectivity index (χ1) is 9.72. The van der Waals surface area contributed by atoms with Crippen LogP contribution in [0.3, 0.4) is 0 Å². The van der Waals surface area contributed by atoms with Gasteiger partial charge in [-0.05, 0) is 36.4 Å². The number of benzene rings is 1. The Morgan fingerprint density at radius 1 is 1.20 bits per heavy atom. The third-order valence-corrected chi connectivity index (χ3v) is 3.47. The summed E-state index contributed by atoms with van der Waals surface area (Å²) in [6.07, 6.45) is 3.85. The van der Waals surface area contributed by atoms with Gasteiger partial charge in [0, 0.05) is 30.1 Å². The van der Waals surface area contributed by atoms with Crippen LogP contribution in [-0.2, 0) is 4.79 Å². The number of pyridine rings is 1. The molecule has 1 aliphatic rings. The van der Waals surface area contributed by atoms with Gasteiger partial charge in [-0.1, -0.05) is 0 Å². The van der Waals surface area contributed by atoms with Crippen LogP contribution in [0, 0.1) is 0 Å². The van der Waals surface area contributed by atoms with Crippen molar-refractivity contribution in [2.24, 2.45) is 0 Å². The van der Waals surface area contributed by atoms with Gasteiger partial charge in [0.1, 0.15) is 11.5 Å². The van der Waals surface area contributed by atoms with Gasteiger partial charge in [0.25, 0.3) is 0 Å². The molecule has 0 saturated carbocycles. The molecule has 0 N–H and O–H groups in total. The van der Waals surface area contributed by atoms with Gasteiger partial charge in [-0.3, -0.25) is 9.78 Å². The molecule has 102 valence electrons. The molecule has 0 radical (unpaired) electrons. The minimum absolute atomic E-state index is 0.117. The van der Waals surface area contributed by atoms with Gasteiger partial charge in [0.2, 0.25) is 5.91 Å². The Balaban J connectivity index is 1.73. The van der Waals surface area contributed by atoms with Crippen molar-refractivity contribution in [1.29, 1.82) is 0 Å². The normalized spacial score (nSPS) is 18.4. The molecule has 1 saturated heterocycles. The molecule has 3 rings (SSSR count). The number of carbonyl (C=O) groups is 1. The van der Waals surface area contributed by atoms with Crippen LogP contribution in [0.25, 0.3) is 0 Å². The summed E-state index contributed by atoms with van der Waals surface area (Å²) >= 11 is 4.35. The average molecular weight is 286 g/mol. The molecule has 1 aromatic heterocycles. The molecule has 1 aliphatic heterocycles. The molecular weight excluding hydrogens is 272 g/mol. The monoisotopic (exact) mass is 286 g/mol. The molecule has 1 fully saturated rings. The van der Waals surface area contributed by atoms with Crippen LogP contribution in [0.15, 0.2) is 48.8 Å². The quantitative estimate of drug-likeness (QED) is 0.882. The molecular formula is C15H14N2O2S. The van der Waals surface area contributed by atoms with Crippen molar-refractivity contribution >= 4 is 24.2 Å². The predicted octanol–water partition coefficient (Wildman–Crippen LogP) is 2.91. The second-order valence-corrected chi connectivity index (χ2v) is 5.38. The lowest BCUT2D eigenvalue weighted by Gasteiger charge is -2.16. The summed E-state index contributed by atoms with van der Waals surface area (Å²) in [6, 6.07) is 11.1. The van der Waals surface area contributed by atoms with Gasteiger partial charge in [0.05, 0.1) is 6.20 Å². The van der Waals surface area contributed by atoms with Crippen molar-refractivity contribution in [3.63, 3.8) is 0 Å². The Bertz CT molecular complexity index is 601. The van der Waals surface area contributed by atoms with Gasteiger partial charge in [0.15, 0.2) is 0 Å². The molecule has 0 bridgehead atoms. The van der Waals surface area contributed by atoms with Crippen LogP contribution in [0.1, 0.15) is 6.42 Å². The highest BCUT2D eigenvalue weighted by Gasteiger charge is 2.28. The van der Waals surface area contributed by atoms with Crippen molar-refractivity contribution in [2.75, 3.05) is 11.4 Å². The number of nitrogens with zero attached hydrogens (tertiary/aromatic N) is 2. The van der Waals surface area contributed by atoms with E-state index in [0.717, 1.165) is 11.4 Å². The largest absolute Gasteiger partial charge is 0.456 e. The lowest BCUT2D eigenvalue weighted by Crippen LogP contribution is -2.24. The van der Waals surface area contributed by atoms with E-state index in [1.807, 2.05) is 36.4 Å². The molecule has 5 heteroatoms. The number of carbonyl (C=O) groups excluding carboxylic acids is 1. The first kappa shape index (κ1) is 13.0. The van der Waals surface area contributed by atoms with Crippen LogP contribution in [-0.4, -0.2) is 22.7 Å². The van der Waals surface area contributed by atoms with Crippen LogP contribution >= 0.6 is 12.6 Å². The van der Waals surface area contributed by atoms with Crippen molar-refractivity contribution < 1.29 is 9.53 Å². The van der Waals surface area contributed by atoms with E-state index in [2.05, 4.69) is 17.6 Å². The van der Waals surface area contributed by atoms with Crippen LogP contribution in [0.5, 0.6) is 11.5 Å². The molecule has 4 nitrogen and oxygen atoms in total. The van der Waals surface area contributed by atoms with E-state index in [-0.39, 0.29) is 11.2 Å². The molecule has 2 heterocycles. The van der Waals surface area contributed by atoms with Gasteiger partial charge in [-0.25, -0.2) is 0 Å². The SMILES string of the molecule is O=C1CC(S)CN1c1ccc(Oc2cccnc2)cc1. The van der Waals surface area contributed by atoms with Crippen molar-refractivity contribution in [3.05, 3.63) is 48.8 Å². The van der Waals surface area contributed by atoms with E-state index in [4.69, 9.17) is 4.74 Å². The smallest absolute Gasteiger partial charge is 0.228 e. The zero-order valence-corrected chi connectivity index (χ0v) is 11.7. The third-order valence-electron chi connectivity index (χ3n) is 3.12. The third kappa shape index (κ3) is 2.77. The summed E-state index contributed by atoms with van der Waals surface area (Å²) in [5, 5.41) is 0.119. The number of anilines is 1. The van der Waals surface area contributed by atoms with E-state index in [1.165, 1.54) is 0 Å². The highest BCUT2D eigenvalue weighted by Crippen LogP contribution is 2.27. The number of ether oxygens (including phenoxy) is 1. The lowest BCUT2D eigenvalue weighted by molar-refractivity contribution is -0.117. The Kier molecular flexibility index (Phi) is 3.60. The van der Waals surface area contributed by atoms with Gasteiger partial charge >= 0.3 is 0 Å². The minimum Gasteiger partial charge on any atom is -0.456 e. The molecule has 1 aromatic carbocycles. The molecule has 1 atom stereocenters. The number of rotatable bonds is 3. The Labute approximate surface area is 122 Å². The number of thiol groups is 1. The van der Waals surface area contributed by atoms with E-state index in [0.29, 0.717) is 18.7 Å². The number of aromatic nitrogens is 1. The summed E-state index contributed by atoms with van der Waals surface area (Å²) < 4.78 is 5.66. The number of hydrogen-bond donors (Lipinski definition) is 1. The summed E-state index contributed by atoms with van der Waals surface area (Å²) in [5.41, 5.74) is 0.880. The van der Waals surface area contributed by atoms with Gasteiger partial charge in [-0.2, -0.15) is 12.6 Å². The zero-order valence-electron chi connectivity index (χ0n) is 10.8. The lowest BCUT2D eigenvalue weighted by atomic mass is 10.3. The average Bonchev–Trinajstić information content (AvgIpc) is 2.80. The minimum atomic E-state index is 0.117. The van der Waals surface area contributed by atoms with Crippen LogP contribution in [0.2, 0.25) is 0 Å². The highest BCUT2D eigenvalue weighted by molar-refractivity contribution is 7.81. The van der Waals surface area contributed by atoms with E-state index >= 15 is 0 Å². The fourth-order valence-corrected chi connectivity index (χ4v) is 2.50. The summed E-state index contributed by atoms with van der Waals surface area (Å²) in [4.78, 5) is 17.5. The van der Waals surface area contributed by atoms with Crippen LogP contribution in [0.4, 0.5) is 5.69 Å². The summed E-state index contributed by atoms with van der Waals surface area (Å²) in [6.45, 7) is 0.657. The molecule has 2 aromatic rings. The number of amides is 1. The molecule has 1 amide bonds. The molecule has 1 unspecified atom stereocenters. The predicted molar refractivity (Wildman–Crippen MR) is 80.5 cm³/mol. The summed E-state index contributed by atoms with van der Waals surface area (Å²) in [7, 11) is 0. The van der Waals surface area contributed by atoms with E-state index in [1.54, 1.807) is 17.3 Å². The Hall–Kier alpha value is -2.01. The maximum absolute atomic E-state index is 11.8. The second-order valence-electron chi connectivity index (χ2n) is 4.65. The Morgan fingerprint density at radius 2 is 2.00 bits per heavy atom. The maximum atomic E-state index is 11.8. The van der Waals surface area contributed by atoms with Crippen molar-refractivity contribution in [1.82, 2.24) is 4.98 Å². The van der Waals surface area contributed by atoms with E-state index in [9.17, 15) is 4.79 Å². The standard InChI is InChI=1S/C15H14N2O2S/c18-15-8-14(20)10-17(15)11-3-5-12(6-4-11)19-13-2-1-7-16-9-13/h1-7,9,14,20H,8,10H2. The fraction of sp³-hybridized carbons (Fsp3) is 0.200. The first-order valence-corrected chi connectivity index (χ1v) is 6.90. The first-order valence-electron chi connectivity index (χ1n) is 6.39. The van der Waals surface area contributed by atoms with Crippen molar-refractivity contribution in [3.8, 4) is 11.5 Å². The molecule has 0 spiro atoms. The van der Waals surface area contributed by atoms with Gasteiger partial charge < -0.3 is 9.64 Å². The molecule has 0 aliphatic carbocycles. The second kappa shape index (κ2) is 5.54. The van der Waals surface area contributed by atoms with Gasteiger partial charge in [-0.15, -0.1) is 0 Å². The van der Waals surface area contributed by atoms with E-state index < -0.39 is 0 Å². The molecule has 20 heavy (non-hydrogen) atoms. The van der Waals surface area contributed by atoms with Crippen LogP contribution < -0.4 is 9.64 Å². The van der Waals surface area contributed by atoms with Crippen molar-refractivity contribution in [2.45, 2.75) is 11.7 Å². The Morgan fingerprint density at radius 3 is 2.60 bits per heavy atom. The zero-order chi connectivity index (χ0) is 13.9. The highest BCUT2D eigenvalue weighted by atomic mass is 32.1. The topological polar surface area (TPSA) is 42.4 Å². The maximum Gasteiger partial charge on any atom is 0.228 e.